The first-order valence-electron chi connectivity index (χ1n) is 2.20. The number of nitrogens with zero attached hydrogens (tertiary/aromatic N) is 2. The van der Waals surface area contributed by atoms with Crippen LogP contribution in [-0.2, 0) is 7.05 Å². The molecule has 0 saturated heterocycles. The molecule has 0 fully saturated rings. The fourth-order valence-electron chi connectivity index (χ4n) is 0.388. The average Bonchev–Trinajstić information content (AvgIpc) is 1.77. The van der Waals surface area contributed by atoms with Gasteiger partial charge in [-0.1, -0.05) is 0 Å². The van der Waals surface area contributed by atoms with Gasteiger partial charge in [0, 0.05) is 13.2 Å². The Bertz CT molecular complexity index is 228. The van der Waals surface area contributed by atoms with E-state index in [4.69, 9.17) is 0 Å². The molecular formula is C5H5N2O. The second kappa shape index (κ2) is 1.78. The second-order valence-electron chi connectivity index (χ2n) is 1.42. The molecule has 0 saturated carbocycles. The molecule has 0 aliphatic rings. The van der Waals surface area contributed by atoms with E-state index in [1.807, 2.05) is 0 Å². The first-order chi connectivity index (χ1) is 3.80. The van der Waals surface area contributed by atoms with Crippen molar-refractivity contribution in [1.29, 1.82) is 0 Å². The van der Waals surface area contributed by atoms with Crippen LogP contribution in [-0.4, -0.2) is 9.55 Å². The van der Waals surface area contributed by atoms with E-state index in [9.17, 15) is 4.79 Å². The number of rotatable bonds is 0. The van der Waals surface area contributed by atoms with Gasteiger partial charge in [-0.25, -0.2) is 9.78 Å². The third-order valence-corrected chi connectivity index (χ3v) is 0.815. The van der Waals surface area contributed by atoms with Crippen molar-refractivity contribution >= 4 is 0 Å². The molecule has 0 atom stereocenters. The minimum absolute atomic E-state index is 0.271. The van der Waals surface area contributed by atoms with Crippen LogP contribution < -0.4 is 5.69 Å². The van der Waals surface area contributed by atoms with Gasteiger partial charge in [-0.05, 0) is 6.07 Å². The maximum absolute atomic E-state index is 10.4. The van der Waals surface area contributed by atoms with Gasteiger partial charge in [-0.15, -0.1) is 0 Å². The largest absolute Gasteiger partial charge is 0.347 e. The zero-order valence-corrected chi connectivity index (χ0v) is 4.46. The first-order valence-corrected chi connectivity index (χ1v) is 2.20. The summed E-state index contributed by atoms with van der Waals surface area (Å²) in [6.07, 6.45) is 4.06. The Morgan fingerprint density at radius 1 is 1.88 bits per heavy atom. The van der Waals surface area contributed by atoms with Crippen molar-refractivity contribution in [2.45, 2.75) is 0 Å². The lowest BCUT2D eigenvalue weighted by Crippen LogP contribution is -2.17. The first kappa shape index (κ1) is 5.03. The lowest BCUT2D eigenvalue weighted by Gasteiger charge is -1.86. The zero-order valence-electron chi connectivity index (χ0n) is 4.46. The molecule has 3 heteroatoms. The smallest absolute Gasteiger partial charge is 0.293 e. The third kappa shape index (κ3) is 0.753. The molecule has 0 aromatic carbocycles. The quantitative estimate of drug-likeness (QED) is 0.453. The topological polar surface area (TPSA) is 34.9 Å². The SMILES string of the molecule is Cn1[c]ccnc1=O. The predicted octanol–water partition coefficient (Wildman–Crippen LogP) is -0.420. The molecule has 3 nitrogen and oxygen atoms in total. The maximum Gasteiger partial charge on any atom is 0.347 e. The van der Waals surface area contributed by atoms with E-state index in [0.717, 1.165) is 0 Å². The fourth-order valence-corrected chi connectivity index (χ4v) is 0.388. The van der Waals surface area contributed by atoms with Crippen LogP contribution in [0.1, 0.15) is 0 Å². The van der Waals surface area contributed by atoms with Gasteiger partial charge in [0.05, 0.1) is 6.20 Å². The Labute approximate surface area is 46.6 Å². The number of aryl methyl sites for hydroxylation is 1. The van der Waals surface area contributed by atoms with Gasteiger partial charge < -0.3 is 0 Å². The standard InChI is InChI=1S/C5H5N2O/c1-7-4-2-3-6-5(7)8/h2-3H,1H3. The molecule has 0 aliphatic carbocycles. The lowest BCUT2D eigenvalue weighted by atomic mass is 10.7. The molecule has 1 heterocycles. The third-order valence-electron chi connectivity index (χ3n) is 0.815. The predicted molar refractivity (Wildman–Crippen MR) is 28.3 cm³/mol. The minimum atomic E-state index is -0.271. The Morgan fingerprint density at radius 3 is 3.00 bits per heavy atom. The summed E-state index contributed by atoms with van der Waals surface area (Å²) in [6, 6.07) is 1.58. The van der Waals surface area contributed by atoms with Crippen molar-refractivity contribution in [3.05, 3.63) is 28.9 Å². The summed E-state index contributed by atoms with van der Waals surface area (Å²) >= 11 is 0. The second-order valence-corrected chi connectivity index (χ2v) is 1.42. The summed E-state index contributed by atoms with van der Waals surface area (Å²) in [5.74, 6) is 0. The Kier molecular flexibility index (Phi) is 1.12. The molecule has 0 unspecified atom stereocenters. The average molecular weight is 109 g/mol. The van der Waals surface area contributed by atoms with Crippen LogP contribution in [0.3, 0.4) is 0 Å². The lowest BCUT2D eigenvalue weighted by molar-refractivity contribution is 0.802. The van der Waals surface area contributed by atoms with E-state index in [-0.39, 0.29) is 5.69 Å². The van der Waals surface area contributed by atoms with Gasteiger partial charge in [-0.3, -0.25) is 4.57 Å². The maximum atomic E-state index is 10.4. The van der Waals surface area contributed by atoms with Gasteiger partial charge >= 0.3 is 5.69 Å². The Balaban J connectivity index is 3.35. The van der Waals surface area contributed by atoms with Crippen LogP contribution in [0.15, 0.2) is 17.1 Å². The molecule has 41 valence electrons. The molecule has 1 rings (SSSR count). The molecule has 0 amide bonds. The van der Waals surface area contributed by atoms with Crippen LogP contribution in [0, 0.1) is 6.20 Å². The van der Waals surface area contributed by atoms with Crippen LogP contribution in [0.25, 0.3) is 0 Å². The van der Waals surface area contributed by atoms with Crippen molar-refractivity contribution in [3.8, 4) is 0 Å². The van der Waals surface area contributed by atoms with E-state index < -0.39 is 0 Å². The van der Waals surface area contributed by atoms with Crippen LogP contribution in [0.2, 0.25) is 0 Å². The zero-order chi connectivity index (χ0) is 5.98. The molecule has 1 aromatic heterocycles. The number of hydrogen-bond donors (Lipinski definition) is 0. The molecule has 0 aliphatic heterocycles. The Hall–Kier alpha value is -1.12. The van der Waals surface area contributed by atoms with Gasteiger partial charge in [0.15, 0.2) is 0 Å². The summed E-state index contributed by atoms with van der Waals surface area (Å²) in [5.41, 5.74) is -0.271. The monoisotopic (exact) mass is 109 g/mol. The van der Waals surface area contributed by atoms with Crippen LogP contribution in [0.5, 0.6) is 0 Å². The highest BCUT2D eigenvalue weighted by atomic mass is 16.1. The number of hydrogen-bond acceptors (Lipinski definition) is 2. The van der Waals surface area contributed by atoms with Crippen molar-refractivity contribution < 1.29 is 0 Å². The summed E-state index contributed by atoms with van der Waals surface area (Å²) in [4.78, 5) is 13.9. The molecule has 8 heavy (non-hydrogen) atoms. The van der Waals surface area contributed by atoms with Crippen LogP contribution in [0.4, 0.5) is 0 Å². The van der Waals surface area contributed by atoms with Crippen LogP contribution >= 0.6 is 0 Å². The Morgan fingerprint density at radius 2 is 2.62 bits per heavy atom. The number of aromatic nitrogens is 2. The molecule has 1 aromatic rings. The molecule has 0 spiro atoms. The molecule has 1 radical (unpaired) electrons. The van der Waals surface area contributed by atoms with E-state index in [1.54, 1.807) is 13.1 Å². The van der Waals surface area contributed by atoms with Gasteiger partial charge in [0.25, 0.3) is 0 Å². The van der Waals surface area contributed by atoms with E-state index in [0.29, 0.717) is 0 Å². The van der Waals surface area contributed by atoms with Gasteiger partial charge in [0.2, 0.25) is 0 Å². The normalized spacial score (nSPS) is 9.12. The summed E-state index contributed by atoms with van der Waals surface area (Å²) in [5, 5.41) is 0. The minimum Gasteiger partial charge on any atom is -0.293 e. The van der Waals surface area contributed by atoms with Crippen molar-refractivity contribution in [1.82, 2.24) is 9.55 Å². The molecule has 0 N–H and O–H groups in total. The molecule has 0 bridgehead atoms. The van der Waals surface area contributed by atoms with Gasteiger partial charge in [0.1, 0.15) is 0 Å². The fraction of sp³-hybridized carbons (Fsp3) is 0.200. The summed E-state index contributed by atoms with van der Waals surface area (Å²) < 4.78 is 1.29. The van der Waals surface area contributed by atoms with Gasteiger partial charge in [-0.2, -0.15) is 0 Å². The van der Waals surface area contributed by atoms with E-state index in [1.165, 1.54) is 10.8 Å². The van der Waals surface area contributed by atoms with E-state index in [2.05, 4.69) is 11.2 Å². The highest BCUT2D eigenvalue weighted by molar-refractivity contribution is 4.76. The van der Waals surface area contributed by atoms with Crippen molar-refractivity contribution in [2.24, 2.45) is 7.05 Å². The van der Waals surface area contributed by atoms with E-state index >= 15 is 0 Å². The highest BCUT2D eigenvalue weighted by Crippen LogP contribution is 1.66. The summed E-state index contributed by atoms with van der Waals surface area (Å²) in [6.45, 7) is 0. The molecular weight excluding hydrogens is 104 g/mol. The summed E-state index contributed by atoms with van der Waals surface area (Å²) in [7, 11) is 1.61. The van der Waals surface area contributed by atoms with Crippen molar-refractivity contribution in [3.63, 3.8) is 0 Å². The van der Waals surface area contributed by atoms with Crippen molar-refractivity contribution in [2.75, 3.05) is 0 Å². The highest BCUT2D eigenvalue weighted by Gasteiger charge is 1.82.